The largest absolute Gasteiger partial charge is 0.346 e. The molecule has 1 amide bonds. The predicted octanol–water partition coefficient (Wildman–Crippen LogP) is 7.03. The van der Waals surface area contributed by atoms with Gasteiger partial charge in [0.25, 0.3) is 0 Å². The number of carbonyl (C=O) groups excluding carboxylic acids is 1. The zero-order valence-corrected chi connectivity index (χ0v) is 22.0. The molecule has 0 aliphatic rings. The minimum atomic E-state index is -0.402. The Balaban J connectivity index is 1.64. The number of amides is 1. The van der Waals surface area contributed by atoms with Gasteiger partial charge < -0.3 is 5.32 Å². The lowest BCUT2D eigenvalue weighted by Crippen LogP contribution is -2.33. The molecule has 0 saturated carbocycles. The maximum atomic E-state index is 13.3. The van der Waals surface area contributed by atoms with Crippen molar-refractivity contribution < 1.29 is 9.18 Å². The number of halogens is 2. The van der Waals surface area contributed by atoms with E-state index in [-0.39, 0.29) is 17.6 Å². The molecule has 0 spiro atoms. The van der Waals surface area contributed by atoms with Crippen molar-refractivity contribution in [3.63, 3.8) is 0 Å². The van der Waals surface area contributed by atoms with Gasteiger partial charge in [0.15, 0.2) is 11.0 Å². The molecule has 0 fully saturated rings. The van der Waals surface area contributed by atoms with E-state index in [0.717, 1.165) is 22.4 Å². The van der Waals surface area contributed by atoms with Crippen molar-refractivity contribution in [1.29, 1.82) is 0 Å². The van der Waals surface area contributed by atoms with Gasteiger partial charge in [0, 0.05) is 10.8 Å². The van der Waals surface area contributed by atoms with Gasteiger partial charge >= 0.3 is 0 Å². The zero-order chi connectivity index (χ0) is 25.7. The zero-order valence-electron chi connectivity index (χ0n) is 20.4. The summed E-state index contributed by atoms with van der Waals surface area (Å²) >= 11 is 7.84. The fourth-order valence-electron chi connectivity index (χ4n) is 4.07. The van der Waals surface area contributed by atoms with E-state index in [1.165, 1.54) is 23.9 Å². The first-order valence-corrected chi connectivity index (χ1v) is 13.2. The van der Waals surface area contributed by atoms with Gasteiger partial charge in [-0.1, -0.05) is 78.8 Å². The van der Waals surface area contributed by atoms with E-state index in [1.807, 2.05) is 73.9 Å². The number of nitrogens with zero attached hydrogens (tertiary/aromatic N) is 3. The first-order valence-electron chi connectivity index (χ1n) is 11.8. The minimum absolute atomic E-state index is 0.0610. The highest BCUT2D eigenvalue weighted by Crippen LogP contribution is 2.31. The van der Waals surface area contributed by atoms with E-state index >= 15 is 0 Å². The number of hydrogen-bond acceptors (Lipinski definition) is 4. The van der Waals surface area contributed by atoms with Crippen LogP contribution in [0.25, 0.3) is 5.69 Å². The van der Waals surface area contributed by atoms with Crippen molar-refractivity contribution in [1.82, 2.24) is 20.1 Å². The number of thioether (sulfide) groups is 1. The summed E-state index contributed by atoms with van der Waals surface area (Å²) in [5, 5.41) is 13.3. The first-order chi connectivity index (χ1) is 17.4. The van der Waals surface area contributed by atoms with Crippen LogP contribution in [-0.2, 0) is 10.5 Å². The van der Waals surface area contributed by atoms with Crippen molar-refractivity contribution in [3.05, 3.63) is 106 Å². The van der Waals surface area contributed by atoms with Gasteiger partial charge in [-0.2, -0.15) is 0 Å². The highest BCUT2D eigenvalue weighted by molar-refractivity contribution is 7.98. The molecule has 3 aromatic carbocycles. The molecule has 2 atom stereocenters. The minimum Gasteiger partial charge on any atom is -0.346 e. The SMILES string of the molecule is CCC(C(=O)NC(C)c1nnc(SCc2ccc(F)cc2)n1-c1cc(Cl)ccc1C)c1ccccc1. The molecule has 0 radical (unpaired) electrons. The smallest absolute Gasteiger partial charge is 0.228 e. The molecule has 186 valence electrons. The third-order valence-corrected chi connectivity index (χ3v) is 7.26. The van der Waals surface area contributed by atoms with Crippen LogP contribution < -0.4 is 5.32 Å². The van der Waals surface area contributed by atoms with Crippen LogP contribution in [0.1, 0.15) is 54.7 Å². The van der Waals surface area contributed by atoms with Gasteiger partial charge in [-0.15, -0.1) is 10.2 Å². The van der Waals surface area contributed by atoms with Crippen LogP contribution in [0, 0.1) is 12.7 Å². The van der Waals surface area contributed by atoms with Crippen LogP contribution >= 0.6 is 23.4 Å². The second-order valence-electron chi connectivity index (χ2n) is 8.62. The monoisotopic (exact) mass is 522 g/mol. The number of hydrogen-bond donors (Lipinski definition) is 1. The predicted molar refractivity (Wildman–Crippen MR) is 143 cm³/mol. The summed E-state index contributed by atoms with van der Waals surface area (Å²) in [4.78, 5) is 13.2. The molecule has 0 aliphatic heterocycles. The Hall–Kier alpha value is -3.16. The van der Waals surface area contributed by atoms with Crippen molar-refractivity contribution in [3.8, 4) is 5.69 Å². The summed E-state index contributed by atoms with van der Waals surface area (Å²) in [7, 11) is 0. The second kappa shape index (κ2) is 11.7. The third-order valence-electron chi connectivity index (χ3n) is 6.02. The standard InChI is InChI=1S/C28H28ClFN4OS/c1-4-24(21-8-6-5-7-9-21)27(35)31-19(3)26-32-33-28(36-17-20-11-14-23(30)15-12-20)34(26)25-16-22(29)13-10-18(25)2/h5-16,19,24H,4,17H2,1-3H3,(H,31,35). The average molecular weight is 523 g/mol. The lowest BCUT2D eigenvalue weighted by atomic mass is 9.95. The summed E-state index contributed by atoms with van der Waals surface area (Å²) in [6.45, 7) is 5.91. The molecule has 36 heavy (non-hydrogen) atoms. The highest BCUT2D eigenvalue weighted by Gasteiger charge is 2.25. The van der Waals surface area contributed by atoms with Crippen LogP contribution in [0.4, 0.5) is 4.39 Å². The van der Waals surface area contributed by atoms with Gasteiger partial charge in [-0.3, -0.25) is 9.36 Å². The fraction of sp³-hybridized carbons (Fsp3) is 0.250. The van der Waals surface area contributed by atoms with Crippen LogP contribution in [0.15, 0.2) is 78.0 Å². The van der Waals surface area contributed by atoms with Crippen LogP contribution in [0.2, 0.25) is 5.02 Å². The summed E-state index contributed by atoms with van der Waals surface area (Å²) < 4.78 is 15.3. The van der Waals surface area contributed by atoms with Crippen molar-refractivity contribution >= 4 is 29.3 Å². The van der Waals surface area contributed by atoms with Crippen LogP contribution in [-0.4, -0.2) is 20.7 Å². The maximum absolute atomic E-state index is 13.3. The molecule has 4 rings (SSSR count). The number of aromatic nitrogens is 3. The third kappa shape index (κ3) is 5.97. The molecule has 0 bridgehead atoms. The normalized spacial score (nSPS) is 12.8. The van der Waals surface area contributed by atoms with E-state index in [9.17, 15) is 9.18 Å². The molecule has 0 saturated heterocycles. The van der Waals surface area contributed by atoms with Gasteiger partial charge in [0.2, 0.25) is 5.91 Å². The van der Waals surface area contributed by atoms with Crippen LogP contribution in [0.5, 0.6) is 0 Å². The van der Waals surface area contributed by atoms with Crippen molar-refractivity contribution in [2.75, 3.05) is 0 Å². The summed E-state index contributed by atoms with van der Waals surface area (Å²) in [6.07, 6.45) is 0.682. The maximum Gasteiger partial charge on any atom is 0.228 e. The molecule has 1 N–H and O–H groups in total. The topological polar surface area (TPSA) is 59.8 Å². The summed E-state index contributed by atoms with van der Waals surface area (Å²) in [5.74, 6) is 0.608. The molecule has 8 heteroatoms. The molecule has 1 heterocycles. The molecule has 5 nitrogen and oxygen atoms in total. The second-order valence-corrected chi connectivity index (χ2v) is 10.0. The Morgan fingerprint density at radius 2 is 1.81 bits per heavy atom. The Morgan fingerprint density at radius 1 is 1.08 bits per heavy atom. The van der Waals surface area contributed by atoms with Crippen molar-refractivity contribution in [2.45, 2.75) is 50.1 Å². The average Bonchev–Trinajstić information content (AvgIpc) is 3.30. The Morgan fingerprint density at radius 3 is 2.50 bits per heavy atom. The molecular formula is C28H28ClFN4OS. The Kier molecular flexibility index (Phi) is 8.44. The van der Waals surface area contributed by atoms with Crippen LogP contribution in [0.3, 0.4) is 0 Å². The Labute approximate surface area is 220 Å². The lowest BCUT2D eigenvalue weighted by molar-refractivity contribution is -0.123. The molecule has 2 unspecified atom stereocenters. The molecule has 1 aromatic heterocycles. The molecule has 0 aliphatic carbocycles. The summed E-state index contributed by atoms with van der Waals surface area (Å²) in [6, 6.07) is 21.4. The van der Waals surface area contributed by atoms with E-state index in [2.05, 4.69) is 15.5 Å². The van der Waals surface area contributed by atoms with E-state index in [0.29, 0.717) is 28.2 Å². The molecular weight excluding hydrogens is 495 g/mol. The number of carbonyl (C=O) groups is 1. The van der Waals surface area contributed by atoms with Crippen molar-refractivity contribution in [2.24, 2.45) is 0 Å². The van der Waals surface area contributed by atoms with E-state index in [4.69, 9.17) is 11.6 Å². The molecule has 4 aromatic rings. The number of nitrogens with one attached hydrogen (secondary N) is 1. The number of benzene rings is 3. The lowest BCUT2D eigenvalue weighted by Gasteiger charge is -2.21. The number of rotatable bonds is 9. The van der Waals surface area contributed by atoms with E-state index < -0.39 is 6.04 Å². The number of aryl methyl sites for hydroxylation is 1. The van der Waals surface area contributed by atoms with Gasteiger partial charge in [0.05, 0.1) is 17.6 Å². The highest BCUT2D eigenvalue weighted by atomic mass is 35.5. The Bertz CT molecular complexity index is 1330. The summed E-state index contributed by atoms with van der Waals surface area (Å²) in [5.41, 5.74) is 3.79. The van der Waals surface area contributed by atoms with Gasteiger partial charge in [0.1, 0.15) is 5.82 Å². The fourth-order valence-corrected chi connectivity index (χ4v) is 5.14. The van der Waals surface area contributed by atoms with Gasteiger partial charge in [-0.25, -0.2) is 4.39 Å². The quantitative estimate of drug-likeness (QED) is 0.240. The van der Waals surface area contributed by atoms with Gasteiger partial charge in [-0.05, 0) is 61.2 Å². The first kappa shape index (κ1) is 25.9. The van der Waals surface area contributed by atoms with E-state index in [1.54, 1.807) is 12.1 Å².